The minimum atomic E-state index is -0.322. The van der Waals surface area contributed by atoms with Gasteiger partial charge in [-0.15, -0.1) is 18.3 Å². The summed E-state index contributed by atoms with van der Waals surface area (Å²) in [4.78, 5) is 14.0. The third-order valence-electron chi connectivity index (χ3n) is 4.42. The van der Waals surface area contributed by atoms with Crippen LogP contribution in [0.25, 0.3) is 0 Å². The summed E-state index contributed by atoms with van der Waals surface area (Å²) >= 11 is 1.62. The van der Waals surface area contributed by atoms with Gasteiger partial charge in [0, 0.05) is 22.6 Å². The third-order valence-corrected chi connectivity index (χ3v) is 5.49. The Morgan fingerprint density at radius 3 is 2.88 bits per heavy atom. The van der Waals surface area contributed by atoms with Crippen molar-refractivity contribution in [2.45, 2.75) is 43.7 Å². The van der Waals surface area contributed by atoms with Crippen LogP contribution in [0.5, 0.6) is 5.75 Å². The SMILES string of the molecule is C=CCSc1ccccc1C(=O)N[C@@H]1CC(C)(C)Oc2ccc(C)cc21. The van der Waals surface area contributed by atoms with Gasteiger partial charge in [-0.25, -0.2) is 0 Å². The van der Waals surface area contributed by atoms with Crippen LogP contribution in [-0.4, -0.2) is 17.3 Å². The van der Waals surface area contributed by atoms with E-state index in [1.54, 1.807) is 11.8 Å². The molecule has 0 saturated heterocycles. The summed E-state index contributed by atoms with van der Waals surface area (Å²) in [7, 11) is 0. The zero-order valence-corrected chi connectivity index (χ0v) is 16.4. The molecule has 26 heavy (non-hydrogen) atoms. The number of aryl methyl sites for hydroxylation is 1. The minimum Gasteiger partial charge on any atom is -0.487 e. The minimum absolute atomic E-state index is 0.0488. The van der Waals surface area contributed by atoms with Gasteiger partial charge in [-0.1, -0.05) is 35.9 Å². The number of benzene rings is 2. The summed E-state index contributed by atoms with van der Waals surface area (Å²) in [6.07, 6.45) is 2.58. The summed E-state index contributed by atoms with van der Waals surface area (Å²) in [5.41, 5.74) is 2.59. The van der Waals surface area contributed by atoms with Crippen LogP contribution < -0.4 is 10.1 Å². The fourth-order valence-electron chi connectivity index (χ4n) is 3.27. The quantitative estimate of drug-likeness (QED) is 0.575. The largest absolute Gasteiger partial charge is 0.487 e. The summed E-state index contributed by atoms with van der Waals surface area (Å²) in [5.74, 6) is 1.58. The Labute approximate surface area is 159 Å². The van der Waals surface area contributed by atoms with Crippen molar-refractivity contribution in [2.24, 2.45) is 0 Å². The predicted molar refractivity (Wildman–Crippen MR) is 108 cm³/mol. The van der Waals surface area contributed by atoms with Gasteiger partial charge in [0.2, 0.25) is 0 Å². The Hall–Kier alpha value is -2.20. The molecule has 136 valence electrons. The maximum atomic E-state index is 13.0. The predicted octanol–water partition coefficient (Wildman–Crippen LogP) is 5.31. The van der Waals surface area contributed by atoms with Crippen molar-refractivity contribution < 1.29 is 9.53 Å². The second-order valence-corrected chi connectivity index (χ2v) is 8.29. The highest BCUT2D eigenvalue weighted by Crippen LogP contribution is 2.40. The average molecular weight is 368 g/mol. The van der Waals surface area contributed by atoms with Gasteiger partial charge in [0.25, 0.3) is 5.91 Å². The van der Waals surface area contributed by atoms with E-state index in [0.717, 1.165) is 33.9 Å². The van der Waals surface area contributed by atoms with Crippen LogP contribution in [-0.2, 0) is 0 Å². The molecule has 1 heterocycles. The number of amides is 1. The monoisotopic (exact) mass is 367 g/mol. The molecule has 1 amide bonds. The number of nitrogens with one attached hydrogen (secondary N) is 1. The maximum absolute atomic E-state index is 13.0. The van der Waals surface area contributed by atoms with Crippen LogP contribution in [0, 0.1) is 6.92 Å². The Bertz CT molecular complexity index is 829. The molecule has 0 saturated carbocycles. The van der Waals surface area contributed by atoms with Gasteiger partial charge >= 0.3 is 0 Å². The molecule has 0 fully saturated rings. The van der Waals surface area contributed by atoms with Crippen LogP contribution in [0.4, 0.5) is 0 Å². The first-order valence-electron chi connectivity index (χ1n) is 8.83. The third kappa shape index (κ3) is 4.13. The Kier molecular flexibility index (Phi) is 5.42. The molecule has 1 aliphatic heterocycles. The van der Waals surface area contributed by atoms with E-state index in [2.05, 4.69) is 38.7 Å². The van der Waals surface area contributed by atoms with E-state index in [1.807, 2.05) is 42.5 Å². The van der Waals surface area contributed by atoms with Crippen molar-refractivity contribution in [3.63, 3.8) is 0 Å². The Balaban J connectivity index is 1.88. The van der Waals surface area contributed by atoms with Crippen LogP contribution in [0.2, 0.25) is 0 Å². The second kappa shape index (κ2) is 7.58. The molecule has 2 aromatic carbocycles. The summed E-state index contributed by atoms with van der Waals surface area (Å²) < 4.78 is 6.10. The lowest BCUT2D eigenvalue weighted by atomic mass is 9.88. The van der Waals surface area contributed by atoms with Gasteiger partial charge in [0.05, 0.1) is 11.6 Å². The number of fused-ring (bicyclic) bond motifs is 1. The summed E-state index contributed by atoms with van der Waals surface area (Å²) in [6, 6.07) is 13.8. The van der Waals surface area contributed by atoms with Gasteiger partial charge in [-0.3, -0.25) is 4.79 Å². The van der Waals surface area contributed by atoms with Crippen LogP contribution in [0.1, 0.15) is 47.8 Å². The number of carbonyl (C=O) groups excluding carboxylic acids is 1. The number of hydrogen-bond acceptors (Lipinski definition) is 3. The van der Waals surface area contributed by atoms with Gasteiger partial charge in [0.15, 0.2) is 0 Å². The van der Waals surface area contributed by atoms with Crippen molar-refractivity contribution in [3.05, 3.63) is 71.8 Å². The fourth-order valence-corrected chi connectivity index (χ4v) is 4.06. The molecule has 1 aliphatic rings. The van der Waals surface area contributed by atoms with E-state index >= 15 is 0 Å². The summed E-state index contributed by atoms with van der Waals surface area (Å²) in [5, 5.41) is 3.23. The standard InChI is InChI=1S/C22H25NO2S/c1-5-12-26-20-9-7-6-8-16(20)21(24)23-18-14-22(3,4)25-19-11-10-15(2)13-17(18)19/h5-11,13,18H,1,12,14H2,2-4H3,(H,23,24)/t18-/m1/s1. The highest BCUT2D eigenvalue weighted by Gasteiger charge is 2.34. The lowest BCUT2D eigenvalue weighted by molar-refractivity contribution is 0.0618. The zero-order chi connectivity index (χ0) is 18.7. The lowest BCUT2D eigenvalue weighted by Crippen LogP contribution is -2.41. The lowest BCUT2D eigenvalue weighted by Gasteiger charge is -2.38. The molecule has 1 N–H and O–H groups in total. The van der Waals surface area contributed by atoms with Crippen molar-refractivity contribution >= 4 is 17.7 Å². The van der Waals surface area contributed by atoms with Crippen LogP contribution in [0.3, 0.4) is 0 Å². The molecule has 0 aromatic heterocycles. The Morgan fingerprint density at radius 2 is 2.12 bits per heavy atom. The fraction of sp³-hybridized carbons (Fsp3) is 0.318. The molecule has 4 heteroatoms. The molecule has 0 unspecified atom stereocenters. The first-order chi connectivity index (χ1) is 12.4. The smallest absolute Gasteiger partial charge is 0.252 e. The summed E-state index contributed by atoms with van der Waals surface area (Å²) in [6.45, 7) is 9.93. The molecule has 0 spiro atoms. The topological polar surface area (TPSA) is 38.3 Å². The van der Waals surface area contributed by atoms with Crippen molar-refractivity contribution in [1.82, 2.24) is 5.32 Å². The van der Waals surface area contributed by atoms with Crippen molar-refractivity contribution in [1.29, 1.82) is 0 Å². The number of ether oxygens (including phenoxy) is 1. The number of hydrogen-bond donors (Lipinski definition) is 1. The molecule has 1 atom stereocenters. The molecule has 0 radical (unpaired) electrons. The Morgan fingerprint density at radius 1 is 1.35 bits per heavy atom. The molecule has 3 nitrogen and oxygen atoms in total. The number of rotatable bonds is 5. The molecule has 0 aliphatic carbocycles. The van der Waals surface area contributed by atoms with E-state index in [9.17, 15) is 4.79 Å². The molecular weight excluding hydrogens is 342 g/mol. The maximum Gasteiger partial charge on any atom is 0.252 e. The number of carbonyl (C=O) groups is 1. The molecule has 2 aromatic rings. The van der Waals surface area contributed by atoms with E-state index < -0.39 is 0 Å². The van der Waals surface area contributed by atoms with Gasteiger partial charge in [0.1, 0.15) is 11.4 Å². The first-order valence-corrected chi connectivity index (χ1v) is 9.81. The van der Waals surface area contributed by atoms with E-state index in [0.29, 0.717) is 5.56 Å². The van der Waals surface area contributed by atoms with Crippen molar-refractivity contribution in [2.75, 3.05) is 5.75 Å². The second-order valence-electron chi connectivity index (χ2n) is 7.23. The van der Waals surface area contributed by atoms with Gasteiger partial charge in [-0.05, 0) is 39.0 Å². The highest BCUT2D eigenvalue weighted by molar-refractivity contribution is 7.99. The highest BCUT2D eigenvalue weighted by atomic mass is 32.2. The number of thioether (sulfide) groups is 1. The molecular formula is C22H25NO2S. The van der Waals surface area contributed by atoms with Crippen LogP contribution >= 0.6 is 11.8 Å². The van der Waals surface area contributed by atoms with E-state index in [1.165, 1.54) is 0 Å². The normalized spacial score (nSPS) is 17.7. The average Bonchev–Trinajstić information content (AvgIpc) is 2.60. The van der Waals surface area contributed by atoms with E-state index in [4.69, 9.17) is 4.74 Å². The van der Waals surface area contributed by atoms with Crippen molar-refractivity contribution in [3.8, 4) is 5.75 Å². The molecule has 3 rings (SSSR count). The van der Waals surface area contributed by atoms with E-state index in [-0.39, 0.29) is 17.6 Å². The van der Waals surface area contributed by atoms with Crippen LogP contribution in [0.15, 0.2) is 60.0 Å². The first kappa shape index (κ1) is 18.6. The molecule has 0 bridgehead atoms. The van der Waals surface area contributed by atoms with Gasteiger partial charge < -0.3 is 10.1 Å². The van der Waals surface area contributed by atoms with Gasteiger partial charge in [-0.2, -0.15) is 0 Å². The zero-order valence-electron chi connectivity index (χ0n) is 15.5.